The molecule has 2 atom stereocenters. The lowest BCUT2D eigenvalue weighted by Crippen LogP contribution is -2.33. The molecule has 1 heterocycles. The second-order valence-corrected chi connectivity index (χ2v) is 4.91. The van der Waals surface area contributed by atoms with Crippen LogP contribution >= 0.6 is 0 Å². The average molecular weight is 232 g/mol. The second-order valence-electron chi connectivity index (χ2n) is 4.91. The zero-order valence-corrected chi connectivity index (χ0v) is 10.7. The Bertz CT molecular complexity index is 422. The smallest absolute Gasteiger partial charge is 0.224 e. The van der Waals surface area contributed by atoms with Crippen molar-refractivity contribution in [3.63, 3.8) is 0 Å². The van der Waals surface area contributed by atoms with Gasteiger partial charge in [-0.15, -0.1) is 0 Å². The number of likely N-dealkylation sites (tertiary alicyclic amines) is 1. The Kier molecular flexibility index (Phi) is 3.20. The maximum absolute atomic E-state index is 11.8. The van der Waals surface area contributed by atoms with Crippen LogP contribution in [0.25, 0.3) is 0 Å². The van der Waals surface area contributed by atoms with Gasteiger partial charge in [0.15, 0.2) is 0 Å². The highest BCUT2D eigenvalue weighted by Gasteiger charge is 2.37. The lowest BCUT2D eigenvalue weighted by molar-refractivity contribution is -0.128. The van der Waals surface area contributed by atoms with Gasteiger partial charge in [0.2, 0.25) is 5.91 Å². The normalized spacial score (nSPS) is 24.5. The summed E-state index contributed by atoms with van der Waals surface area (Å²) in [7, 11) is 0. The molecule has 1 fully saturated rings. The first-order valence-electron chi connectivity index (χ1n) is 6.16. The van der Waals surface area contributed by atoms with Crippen LogP contribution in [0.15, 0.2) is 18.2 Å². The van der Waals surface area contributed by atoms with Crippen molar-refractivity contribution >= 4 is 5.91 Å². The summed E-state index contributed by atoms with van der Waals surface area (Å²) in [5.41, 5.74) is 9.72. The predicted molar refractivity (Wildman–Crippen MR) is 68.6 cm³/mol. The summed E-state index contributed by atoms with van der Waals surface area (Å²) in [5.74, 6) is 0.171. The van der Waals surface area contributed by atoms with Gasteiger partial charge in [0.05, 0.1) is 6.04 Å². The Labute approximate surface area is 103 Å². The van der Waals surface area contributed by atoms with Crippen molar-refractivity contribution in [3.8, 4) is 0 Å². The number of nitrogens with zero attached hydrogens (tertiary/aromatic N) is 1. The highest BCUT2D eigenvalue weighted by atomic mass is 16.2. The fraction of sp³-hybridized carbons (Fsp3) is 0.500. The number of hydrogen-bond donors (Lipinski definition) is 1. The van der Waals surface area contributed by atoms with Crippen LogP contribution in [0, 0.1) is 13.8 Å². The molecule has 0 aromatic heterocycles. The molecule has 0 spiro atoms. The van der Waals surface area contributed by atoms with E-state index in [9.17, 15) is 4.79 Å². The van der Waals surface area contributed by atoms with Gasteiger partial charge in [0.1, 0.15) is 0 Å². The molecule has 0 aliphatic carbocycles. The summed E-state index contributed by atoms with van der Waals surface area (Å²) in [5, 5.41) is 0. The molecule has 1 amide bonds. The van der Waals surface area contributed by atoms with Crippen LogP contribution in [0.1, 0.15) is 36.1 Å². The van der Waals surface area contributed by atoms with E-state index in [1.807, 2.05) is 11.8 Å². The molecule has 1 aromatic carbocycles. The molecule has 1 aliphatic rings. The van der Waals surface area contributed by atoms with Gasteiger partial charge in [-0.2, -0.15) is 0 Å². The minimum atomic E-state index is -0.0800. The summed E-state index contributed by atoms with van der Waals surface area (Å²) < 4.78 is 0. The van der Waals surface area contributed by atoms with E-state index in [4.69, 9.17) is 5.73 Å². The summed E-state index contributed by atoms with van der Waals surface area (Å²) >= 11 is 0. The van der Waals surface area contributed by atoms with Gasteiger partial charge < -0.3 is 10.6 Å². The molecule has 1 saturated heterocycles. The first-order chi connectivity index (χ1) is 8.02. The van der Waals surface area contributed by atoms with Gasteiger partial charge >= 0.3 is 0 Å². The van der Waals surface area contributed by atoms with Crippen molar-refractivity contribution < 1.29 is 4.79 Å². The first kappa shape index (κ1) is 12.1. The highest BCUT2D eigenvalue weighted by Crippen LogP contribution is 2.32. The number of benzene rings is 1. The number of likely N-dealkylation sites (N-methyl/N-ethyl adjacent to an activating group) is 1. The van der Waals surface area contributed by atoms with E-state index in [1.165, 1.54) is 16.7 Å². The molecule has 1 aromatic rings. The molecular weight excluding hydrogens is 212 g/mol. The van der Waals surface area contributed by atoms with Crippen LogP contribution in [0.3, 0.4) is 0 Å². The Morgan fingerprint density at radius 1 is 1.29 bits per heavy atom. The van der Waals surface area contributed by atoms with E-state index >= 15 is 0 Å². The molecule has 3 heteroatoms. The third-order valence-corrected chi connectivity index (χ3v) is 3.40. The number of carbonyl (C=O) groups is 1. The van der Waals surface area contributed by atoms with Crippen molar-refractivity contribution in [2.45, 2.75) is 39.3 Å². The van der Waals surface area contributed by atoms with Crippen LogP contribution in [0.4, 0.5) is 0 Å². The summed E-state index contributed by atoms with van der Waals surface area (Å²) in [6.45, 7) is 6.89. The van der Waals surface area contributed by atoms with E-state index < -0.39 is 0 Å². The van der Waals surface area contributed by atoms with E-state index in [1.54, 1.807) is 0 Å². The maximum Gasteiger partial charge on any atom is 0.224 e. The molecular formula is C14H20N2O. The monoisotopic (exact) mass is 232 g/mol. The minimum Gasteiger partial charge on any atom is -0.334 e. The molecule has 3 nitrogen and oxygen atoms in total. The molecule has 2 unspecified atom stereocenters. The van der Waals surface area contributed by atoms with Crippen molar-refractivity contribution in [1.29, 1.82) is 0 Å². The second kappa shape index (κ2) is 4.49. The third kappa shape index (κ3) is 2.20. The Morgan fingerprint density at radius 3 is 2.41 bits per heavy atom. The van der Waals surface area contributed by atoms with Gasteiger partial charge in [-0.25, -0.2) is 0 Å². The van der Waals surface area contributed by atoms with E-state index in [-0.39, 0.29) is 18.0 Å². The lowest BCUT2D eigenvalue weighted by Gasteiger charge is -2.26. The zero-order valence-electron chi connectivity index (χ0n) is 10.7. The average Bonchev–Trinajstić information content (AvgIpc) is 2.51. The Morgan fingerprint density at radius 2 is 1.88 bits per heavy atom. The van der Waals surface area contributed by atoms with Gasteiger partial charge in [-0.1, -0.05) is 29.3 Å². The van der Waals surface area contributed by atoms with Crippen molar-refractivity contribution in [1.82, 2.24) is 4.90 Å². The molecule has 92 valence electrons. The minimum absolute atomic E-state index is 0.0473. The van der Waals surface area contributed by atoms with Crippen molar-refractivity contribution in [3.05, 3.63) is 34.9 Å². The summed E-state index contributed by atoms with van der Waals surface area (Å²) in [6, 6.07) is 6.38. The van der Waals surface area contributed by atoms with Gasteiger partial charge in [0, 0.05) is 19.0 Å². The Hall–Kier alpha value is -1.35. The highest BCUT2D eigenvalue weighted by molar-refractivity contribution is 5.80. The first-order valence-corrected chi connectivity index (χ1v) is 6.16. The van der Waals surface area contributed by atoms with Crippen molar-refractivity contribution in [2.24, 2.45) is 5.73 Å². The number of amides is 1. The lowest BCUT2D eigenvalue weighted by atomic mass is 9.97. The molecule has 0 saturated carbocycles. The molecule has 17 heavy (non-hydrogen) atoms. The fourth-order valence-electron chi connectivity index (χ4n) is 2.80. The topological polar surface area (TPSA) is 46.3 Å². The summed E-state index contributed by atoms with van der Waals surface area (Å²) in [6.07, 6.45) is 0.464. The molecule has 0 bridgehead atoms. The largest absolute Gasteiger partial charge is 0.334 e. The predicted octanol–water partition coefficient (Wildman–Crippen LogP) is 1.92. The number of nitrogens with two attached hydrogens (primary N) is 1. The number of aryl methyl sites for hydroxylation is 2. The maximum atomic E-state index is 11.8. The van der Waals surface area contributed by atoms with Gasteiger partial charge in [0.25, 0.3) is 0 Å². The summed E-state index contributed by atoms with van der Waals surface area (Å²) in [4.78, 5) is 13.7. The van der Waals surface area contributed by atoms with E-state index in [2.05, 4.69) is 32.0 Å². The van der Waals surface area contributed by atoms with Crippen LogP contribution in [-0.2, 0) is 4.79 Å². The number of hydrogen-bond acceptors (Lipinski definition) is 2. The molecule has 2 rings (SSSR count). The van der Waals surface area contributed by atoms with Crippen LogP contribution < -0.4 is 5.73 Å². The molecule has 0 radical (unpaired) electrons. The number of carbonyl (C=O) groups excluding carboxylic acids is 1. The zero-order chi connectivity index (χ0) is 12.6. The van der Waals surface area contributed by atoms with Gasteiger partial charge in [-0.3, -0.25) is 4.79 Å². The molecule has 1 aliphatic heterocycles. The Balaban J connectivity index is 2.40. The van der Waals surface area contributed by atoms with Crippen LogP contribution in [-0.4, -0.2) is 23.4 Å². The third-order valence-electron chi connectivity index (χ3n) is 3.40. The van der Waals surface area contributed by atoms with E-state index in [0.29, 0.717) is 6.42 Å². The SMILES string of the molecule is CCN1C(=O)CC(N)C1c1cc(C)cc(C)c1. The van der Waals surface area contributed by atoms with Crippen molar-refractivity contribution in [2.75, 3.05) is 6.54 Å². The van der Waals surface area contributed by atoms with Crippen LogP contribution in [0.2, 0.25) is 0 Å². The van der Waals surface area contributed by atoms with Gasteiger partial charge in [-0.05, 0) is 26.3 Å². The standard InChI is InChI=1S/C14H20N2O/c1-4-16-13(17)8-12(15)14(16)11-6-9(2)5-10(3)7-11/h5-7,12,14H,4,8,15H2,1-3H3. The number of rotatable bonds is 2. The quantitative estimate of drug-likeness (QED) is 0.846. The fourth-order valence-corrected chi connectivity index (χ4v) is 2.80. The van der Waals surface area contributed by atoms with Crippen LogP contribution in [0.5, 0.6) is 0 Å². The molecule has 2 N–H and O–H groups in total. The van der Waals surface area contributed by atoms with E-state index in [0.717, 1.165) is 6.54 Å².